The number of methoxy groups -OCH3 is 1. The van der Waals surface area contributed by atoms with E-state index in [2.05, 4.69) is 37.3 Å². The number of nitrogens with one attached hydrogen (secondary N) is 3. The molecule has 0 bridgehead atoms. The minimum atomic E-state index is -3.88. The van der Waals surface area contributed by atoms with E-state index < -0.39 is 68.1 Å². The van der Waals surface area contributed by atoms with Crippen LogP contribution >= 0.6 is 0 Å². The van der Waals surface area contributed by atoms with E-state index in [-0.39, 0.29) is 37.1 Å². The summed E-state index contributed by atoms with van der Waals surface area (Å²) in [6.45, 7) is 9.25. The Morgan fingerprint density at radius 3 is 2.35 bits per heavy atom. The van der Waals surface area contributed by atoms with E-state index in [0.717, 1.165) is 25.7 Å². The van der Waals surface area contributed by atoms with Crippen LogP contribution in [0, 0.1) is 23.2 Å². The number of amides is 3. The number of Topliss-reactive ketones (excluding diaryl/α,β-unsaturated/α-hetero) is 1. The molecule has 2 aromatic rings. The standard InChI is InChI=1S/C36H49N7O8S/c1-6-9-22-20-36(22,33(46)41-52(48,49)26-16-17-26)38-32(45)28-19-23(43-40-31(39-42-43)21-12-14-24(50-5)15-13-21)18-27(28)29(44)30(35(2,3)4)37-34(47)51-25-10-7-8-11-25/h6,12-15,22-23,25-28,30H,1,7-11,16-20H2,2-5H3,(H,37,47)(H,38,45)(H,41,46)/t22-,23+,27?,28-,30?,36+/m1/s1. The first-order valence-corrected chi connectivity index (χ1v) is 19.6. The van der Waals surface area contributed by atoms with Gasteiger partial charge in [0, 0.05) is 17.4 Å². The van der Waals surface area contributed by atoms with Crippen LogP contribution in [0.4, 0.5) is 4.79 Å². The van der Waals surface area contributed by atoms with Crippen molar-refractivity contribution in [1.29, 1.82) is 0 Å². The number of hydrogen-bond donors (Lipinski definition) is 3. The Kier molecular flexibility index (Phi) is 10.5. The summed E-state index contributed by atoms with van der Waals surface area (Å²) in [4.78, 5) is 57.0. The molecule has 2 unspecified atom stereocenters. The Bertz CT molecular complexity index is 1800. The van der Waals surface area contributed by atoms with Crippen LogP contribution in [-0.2, 0) is 29.1 Å². The number of nitrogens with zero attached hydrogens (tertiary/aromatic N) is 4. The van der Waals surface area contributed by atoms with E-state index in [1.54, 1.807) is 37.5 Å². The van der Waals surface area contributed by atoms with Crippen molar-refractivity contribution in [2.75, 3.05) is 7.11 Å². The second kappa shape index (κ2) is 14.6. The maximum atomic E-state index is 14.6. The van der Waals surface area contributed by atoms with E-state index in [0.29, 0.717) is 36.4 Å². The van der Waals surface area contributed by atoms with Crippen molar-refractivity contribution in [3.05, 3.63) is 36.9 Å². The van der Waals surface area contributed by atoms with Gasteiger partial charge in [-0.05, 0) is 105 Å². The van der Waals surface area contributed by atoms with Crippen LogP contribution in [-0.4, -0.2) is 82.4 Å². The monoisotopic (exact) mass is 739 g/mol. The van der Waals surface area contributed by atoms with E-state index in [1.807, 2.05) is 20.8 Å². The predicted octanol–water partition coefficient (Wildman–Crippen LogP) is 3.63. The number of allylic oxidation sites excluding steroid dienone is 1. The number of benzene rings is 1. The molecule has 0 aliphatic heterocycles. The molecule has 3 amide bonds. The van der Waals surface area contributed by atoms with Crippen molar-refractivity contribution in [3.8, 4) is 17.1 Å². The van der Waals surface area contributed by atoms with Gasteiger partial charge in [-0.25, -0.2) is 13.2 Å². The van der Waals surface area contributed by atoms with E-state index in [1.165, 1.54) is 4.80 Å². The highest BCUT2D eigenvalue weighted by atomic mass is 32.2. The number of ether oxygens (including phenoxy) is 2. The number of sulfonamides is 1. The van der Waals surface area contributed by atoms with Crippen molar-refractivity contribution >= 4 is 33.7 Å². The number of rotatable bonds is 14. The number of hydrogen-bond acceptors (Lipinski definition) is 11. The van der Waals surface area contributed by atoms with Gasteiger partial charge in [0.15, 0.2) is 5.78 Å². The smallest absolute Gasteiger partial charge is 0.408 e. The SMILES string of the molecule is C=CC[C@@H]1C[C@@]1(NC(=O)[C@@H]1C[C@@H](n2nnc(-c3ccc(OC)cc3)n2)CC1C(=O)C(NC(=O)OC1CCCC1)C(C)(C)C)C(=O)NS(=O)(=O)C1CC1. The summed E-state index contributed by atoms with van der Waals surface area (Å²) in [7, 11) is -2.31. The topological polar surface area (TPSA) is 201 Å². The fourth-order valence-corrected chi connectivity index (χ4v) is 8.94. The van der Waals surface area contributed by atoms with Gasteiger partial charge >= 0.3 is 6.09 Å². The quantitative estimate of drug-likeness (QED) is 0.239. The van der Waals surface area contributed by atoms with Gasteiger partial charge in [-0.3, -0.25) is 19.1 Å². The molecule has 4 fully saturated rings. The fourth-order valence-electron chi connectivity index (χ4n) is 7.58. The second-order valence-corrected chi connectivity index (χ2v) is 17.7. The summed E-state index contributed by atoms with van der Waals surface area (Å²) in [5.74, 6) is -2.94. The molecule has 0 radical (unpaired) electrons. The Labute approximate surface area is 304 Å². The molecule has 282 valence electrons. The number of tetrazole rings is 1. The first-order chi connectivity index (χ1) is 24.6. The second-order valence-electron chi connectivity index (χ2n) is 15.7. The van der Waals surface area contributed by atoms with Gasteiger partial charge in [0.05, 0.1) is 24.4 Å². The number of carbonyl (C=O) groups is 4. The van der Waals surface area contributed by atoms with Crippen molar-refractivity contribution in [2.24, 2.45) is 23.2 Å². The highest BCUT2D eigenvalue weighted by Gasteiger charge is 2.62. The lowest BCUT2D eigenvalue weighted by Gasteiger charge is -2.33. The predicted molar refractivity (Wildman–Crippen MR) is 189 cm³/mol. The van der Waals surface area contributed by atoms with Crippen LogP contribution in [0.15, 0.2) is 36.9 Å². The van der Waals surface area contributed by atoms with Crippen LogP contribution in [0.25, 0.3) is 11.4 Å². The fraction of sp³-hybridized carbons (Fsp3) is 0.639. The summed E-state index contributed by atoms with van der Waals surface area (Å²) >= 11 is 0. The lowest BCUT2D eigenvalue weighted by Crippen LogP contribution is -2.56. The summed E-state index contributed by atoms with van der Waals surface area (Å²) in [5.41, 5.74) is -1.53. The summed E-state index contributed by atoms with van der Waals surface area (Å²) in [6.07, 6.45) is 6.03. The third-order valence-electron chi connectivity index (χ3n) is 10.8. The van der Waals surface area contributed by atoms with Gasteiger partial charge in [-0.15, -0.1) is 16.8 Å². The summed E-state index contributed by atoms with van der Waals surface area (Å²) in [5, 5.41) is 18.2. The molecule has 16 heteroatoms. The maximum absolute atomic E-state index is 14.6. The average Bonchev–Trinajstić information content (AvgIpc) is 3.84. The highest BCUT2D eigenvalue weighted by Crippen LogP contribution is 2.49. The molecule has 52 heavy (non-hydrogen) atoms. The Morgan fingerprint density at radius 2 is 1.73 bits per heavy atom. The van der Waals surface area contributed by atoms with E-state index >= 15 is 0 Å². The van der Waals surface area contributed by atoms with Gasteiger partial charge in [-0.1, -0.05) is 26.8 Å². The van der Waals surface area contributed by atoms with Crippen LogP contribution in [0.3, 0.4) is 0 Å². The summed E-state index contributed by atoms with van der Waals surface area (Å²) < 4.78 is 38.6. The number of carbonyl (C=O) groups excluding carboxylic acids is 4. The molecule has 3 N–H and O–H groups in total. The first-order valence-electron chi connectivity index (χ1n) is 18.1. The zero-order valence-corrected chi connectivity index (χ0v) is 31.0. The highest BCUT2D eigenvalue weighted by molar-refractivity contribution is 7.91. The van der Waals surface area contributed by atoms with E-state index in [4.69, 9.17) is 9.47 Å². The molecule has 4 aliphatic rings. The number of ketones is 1. The van der Waals surface area contributed by atoms with Crippen molar-refractivity contribution < 1.29 is 37.1 Å². The Balaban J connectivity index is 1.27. The lowest BCUT2D eigenvalue weighted by molar-refractivity contribution is -0.137. The molecule has 6 rings (SSSR count). The minimum absolute atomic E-state index is 0.133. The number of aromatic nitrogens is 4. The molecule has 1 heterocycles. The zero-order chi connectivity index (χ0) is 37.4. The van der Waals surface area contributed by atoms with Gasteiger partial charge in [0.1, 0.15) is 17.4 Å². The molecular formula is C36H49N7O8S. The van der Waals surface area contributed by atoms with Crippen molar-refractivity contribution in [3.63, 3.8) is 0 Å². The number of alkyl carbamates (subject to hydrolysis) is 1. The summed E-state index contributed by atoms with van der Waals surface area (Å²) in [6, 6.07) is 5.61. The lowest BCUT2D eigenvalue weighted by atomic mass is 9.77. The first kappa shape index (κ1) is 37.4. The molecule has 0 saturated heterocycles. The maximum Gasteiger partial charge on any atom is 0.408 e. The van der Waals surface area contributed by atoms with Gasteiger partial charge in [-0.2, -0.15) is 4.80 Å². The molecule has 1 aromatic heterocycles. The molecular weight excluding hydrogens is 691 g/mol. The third-order valence-corrected chi connectivity index (χ3v) is 12.7. The van der Waals surface area contributed by atoms with Gasteiger partial charge in [0.2, 0.25) is 21.8 Å². The van der Waals surface area contributed by atoms with Crippen LogP contribution in [0.1, 0.15) is 91.0 Å². The Morgan fingerprint density at radius 1 is 1.06 bits per heavy atom. The van der Waals surface area contributed by atoms with Gasteiger partial charge < -0.3 is 20.1 Å². The zero-order valence-electron chi connectivity index (χ0n) is 30.2. The average molecular weight is 740 g/mol. The van der Waals surface area contributed by atoms with E-state index in [9.17, 15) is 27.6 Å². The van der Waals surface area contributed by atoms with Crippen LogP contribution < -0.4 is 20.1 Å². The molecule has 4 saturated carbocycles. The minimum Gasteiger partial charge on any atom is -0.497 e. The molecule has 6 atom stereocenters. The molecule has 15 nitrogen and oxygen atoms in total. The normalized spacial score (nSPS) is 26.6. The van der Waals surface area contributed by atoms with Crippen LogP contribution in [0.2, 0.25) is 0 Å². The van der Waals surface area contributed by atoms with Gasteiger partial charge in [0.25, 0.3) is 5.91 Å². The van der Waals surface area contributed by atoms with Crippen molar-refractivity contribution in [1.82, 2.24) is 35.6 Å². The molecule has 1 aromatic carbocycles. The van der Waals surface area contributed by atoms with Crippen LogP contribution in [0.5, 0.6) is 5.75 Å². The van der Waals surface area contributed by atoms with Crippen molar-refractivity contribution in [2.45, 2.75) is 114 Å². The molecule has 4 aliphatic carbocycles. The molecule has 0 spiro atoms. The largest absolute Gasteiger partial charge is 0.497 e. The third kappa shape index (κ3) is 8.01. The Hall–Kier alpha value is -4.34.